The number of nitrogens with one attached hydrogen (secondary N) is 2. The molecule has 174 valence electrons. The summed E-state index contributed by atoms with van der Waals surface area (Å²) in [6.45, 7) is 5.28. The second-order valence-electron chi connectivity index (χ2n) is 7.60. The van der Waals surface area contributed by atoms with Gasteiger partial charge < -0.3 is 0 Å². The van der Waals surface area contributed by atoms with E-state index in [4.69, 9.17) is 11.6 Å². The number of aromatic amines is 1. The van der Waals surface area contributed by atoms with Crippen LogP contribution in [0.5, 0.6) is 0 Å². The molecular formula is C23H21ClN6O3S. The molecule has 0 aliphatic carbocycles. The van der Waals surface area contributed by atoms with Crippen LogP contribution >= 0.6 is 11.6 Å². The van der Waals surface area contributed by atoms with Crippen molar-refractivity contribution in [1.29, 1.82) is 0 Å². The Bertz CT molecular complexity index is 1540. The fourth-order valence-electron chi connectivity index (χ4n) is 3.31. The summed E-state index contributed by atoms with van der Waals surface area (Å²) in [7, 11) is -3.87. The third-order valence-corrected chi connectivity index (χ3v) is 6.46. The van der Waals surface area contributed by atoms with Crippen molar-refractivity contribution in [1.82, 2.24) is 19.7 Å². The van der Waals surface area contributed by atoms with Crippen LogP contribution in [0.3, 0.4) is 0 Å². The number of nitrogens with zero attached hydrogens (tertiary/aromatic N) is 4. The van der Waals surface area contributed by atoms with Gasteiger partial charge in [-0.15, -0.1) is 0 Å². The largest absolute Gasteiger partial charge is 0.295 e. The van der Waals surface area contributed by atoms with E-state index in [9.17, 15) is 13.2 Å². The first kappa shape index (κ1) is 23.4. The zero-order valence-corrected chi connectivity index (χ0v) is 20.1. The van der Waals surface area contributed by atoms with E-state index < -0.39 is 10.0 Å². The van der Waals surface area contributed by atoms with E-state index in [1.807, 2.05) is 0 Å². The molecule has 0 spiro atoms. The summed E-state index contributed by atoms with van der Waals surface area (Å²) in [6.07, 6.45) is 1.44. The van der Waals surface area contributed by atoms with Gasteiger partial charge in [0.1, 0.15) is 0 Å². The fraction of sp³-hybridized carbons (Fsp3) is 0.130. The van der Waals surface area contributed by atoms with Gasteiger partial charge in [-0.3, -0.25) is 14.9 Å². The van der Waals surface area contributed by atoms with Gasteiger partial charge in [-0.1, -0.05) is 17.7 Å². The zero-order chi connectivity index (χ0) is 24.5. The van der Waals surface area contributed by atoms with Crippen LogP contribution in [-0.4, -0.2) is 34.4 Å². The Labute approximate surface area is 201 Å². The predicted octanol–water partition coefficient (Wildman–Crippen LogP) is 4.09. The molecule has 0 radical (unpaired) electrons. The summed E-state index contributed by atoms with van der Waals surface area (Å²) in [6, 6.07) is 14.6. The summed E-state index contributed by atoms with van der Waals surface area (Å²) in [4.78, 5) is 25.4. The number of benzene rings is 2. The molecule has 34 heavy (non-hydrogen) atoms. The van der Waals surface area contributed by atoms with Crippen molar-refractivity contribution in [2.75, 3.05) is 4.72 Å². The number of hydrogen-bond donors (Lipinski definition) is 2. The monoisotopic (exact) mass is 496 g/mol. The molecule has 0 aliphatic rings. The van der Waals surface area contributed by atoms with Crippen LogP contribution in [-0.2, 0) is 10.0 Å². The molecule has 0 fully saturated rings. The van der Waals surface area contributed by atoms with Gasteiger partial charge in [0.05, 0.1) is 21.8 Å². The van der Waals surface area contributed by atoms with Crippen LogP contribution < -0.4 is 10.3 Å². The van der Waals surface area contributed by atoms with Gasteiger partial charge in [-0.05, 0) is 69.3 Å². The number of anilines is 1. The molecular weight excluding hydrogens is 476 g/mol. The Kier molecular flexibility index (Phi) is 6.36. The summed E-state index contributed by atoms with van der Waals surface area (Å²) < 4.78 is 29.1. The van der Waals surface area contributed by atoms with Gasteiger partial charge in [0.2, 0.25) is 5.95 Å². The molecule has 0 aliphatic heterocycles. The minimum atomic E-state index is -3.87. The zero-order valence-electron chi connectivity index (χ0n) is 18.6. The minimum Gasteiger partial charge on any atom is -0.295 e. The summed E-state index contributed by atoms with van der Waals surface area (Å²) in [5.74, 6) is 0.0125. The number of aromatic nitrogens is 4. The fourth-order valence-corrected chi connectivity index (χ4v) is 4.44. The molecule has 0 saturated heterocycles. The van der Waals surface area contributed by atoms with Crippen molar-refractivity contribution in [3.8, 4) is 5.69 Å². The number of sulfonamides is 1. The molecule has 2 N–H and O–H groups in total. The maximum atomic E-state index is 12.8. The van der Waals surface area contributed by atoms with E-state index in [2.05, 4.69) is 24.8 Å². The predicted molar refractivity (Wildman–Crippen MR) is 132 cm³/mol. The second-order valence-corrected chi connectivity index (χ2v) is 9.72. The standard InChI is InChI=1S/C23H21ClN6O3S/c1-14-11-15(2)27-23(26-14)29-34(32,33)20-9-7-18(8-10-20)25-13-21-16(3)28-30(22(21)31)19-6-4-5-17(24)12-19/h4-13,28H,1-3H3,(H,26,27,29). The van der Waals surface area contributed by atoms with Crippen LogP contribution in [0.2, 0.25) is 5.02 Å². The van der Waals surface area contributed by atoms with Crippen molar-refractivity contribution in [3.63, 3.8) is 0 Å². The molecule has 2 aromatic heterocycles. The van der Waals surface area contributed by atoms with Crippen molar-refractivity contribution >= 4 is 39.5 Å². The molecule has 11 heteroatoms. The highest BCUT2D eigenvalue weighted by Gasteiger charge is 2.16. The third-order valence-electron chi connectivity index (χ3n) is 4.88. The first-order valence-corrected chi connectivity index (χ1v) is 12.1. The summed E-state index contributed by atoms with van der Waals surface area (Å²) >= 11 is 6.03. The van der Waals surface area contributed by atoms with Gasteiger partial charge in [0, 0.05) is 28.3 Å². The topological polar surface area (TPSA) is 122 Å². The SMILES string of the molecule is Cc1cc(C)nc(NS(=O)(=O)c2ccc(N=Cc3c(C)[nH]n(-c4cccc(Cl)c4)c3=O)cc2)n1. The summed E-state index contributed by atoms with van der Waals surface area (Å²) in [5.41, 5.74) is 3.14. The highest BCUT2D eigenvalue weighted by molar-refractivity contribution is 7.92. The molecule has 2 heterocycles. The van der Waals surface area contributed by atoms with Gasteiger partial charge >= 0.3 is 0 Å². The average Bonchev–Trinajstić information content (AvgIpc) is 3.05. The highest BCUT2D eigenvalue weighted by atomic mass is 35.5. The molecule has 4 rings (SSSR count). The van der Waals surface area contributed by atoms with Gasteiger partial charge in [0.15, 0.2) is 0 Å². The van der Waals surface area contributed by atoms with Crippen molar-refractivity contribution in [2.24, 2.45) is 4.99 Å². The van der Waals surface area contributed by atoms with Crippen molar-refractivity contribution in [2.45, 2.75) is 25.7 Å². The second kappa shape index (κ2) is 9.24. The Hall–Kier alpha value is -3.76. The quantitative estimate of drug-likeness (QED) is 0.389. The third kappa shape index (κ3) is 5.08. The molecule has 2 aromatic carbocycles. The first-order valence-electron chi connectivity index (χ1n) is 10.2. The van der Waals surface area contributed by atoms with E-state index in [0.29, 0.717) is 39.0 Å². The lowest BCUT2D eigenvalue weighted by Crippen LogP contribution is -2.17. The molecule has 0 bridgehead atoms. The maximum Gasteiger partial charge on any atom is 0.280 e. The van der Waals surface area contributed by atoms with Gasteiger partial charge in [-0.2, -0.15) is 0 Å². The van der Waals surface area contributed by atoms with Crippen LogP contribution in [0.4, 0.5) is 11.6 Å². The maximum absolute atomic E-state index is 12.8. The number of aliphatic imine (C=N–C) groups is 1. The smallest absolute Gasteiger partial charge is 0.280 e. The average molecular weight is 497 g/mol. The minimum absolute atomic E-state index is 0.0125. The van der Waals surface area contributed by atoms with Crippen LogP contribution in [0, 0.1) is 20.8 Å². The van der Waals surface area contributed by atoms with Gasteiger partial charge in [-0.25, -0.2) is 27.8 Å². The molecule has 0 saturated carbocycles. The van der Waals surface area contributed by atoms with Crippen LogP contribution in [0.1, 0.15) is 22.6 Å². The van der Waals surface area contributed by atoms with Crippen molar-refractivity contribution < 1.29 is 8.42 Å². The van der Waals surface area contributed by atoms with Gasteiger partial charge in [0.25, 0.3) is 15.6 Å². The molecule has 9 nitrogen and oxygen atoms in total. The molecule has 0 amide bonds. The highest BCUT2D eigenvalue weighted by Crippen LogP contribution is 2.19. The van der Waals surface area contributed by atoms with E-state index in [-0.39, 0.29) is 16.4 Å². The summed E-state index contributed by atoms with van der Waals surface area (Å²) in [5, 5.41) is 3.52. The number of H-pyrrole nitrogens is 1. The Morgan fingerprint density at radius 1 is 1.03 bits per heavy atom. The number of rotatable bonds is 6. The number of aryl methyl sites for hydroxylation is 3. The Balaban J connectivity index is 1.55. The molecule has 0 atom stereocenters. The Morgan fingerprint density at radius 2 is 1.71 bits per heavy atom. The van der Waals surface area contributed by atoms with E-state index >= 15 is 0 Å². The number of halogens is 1. The lowest BCUT2D eigenvalue weighted by molar-refractivity contribution is 0.601. The van der Waals surface area contributed by atoms with Crippen LogP contribution in [0.25, 0.3) is 5.69 Å². The van der Waals surface area contributed by atoms with E-state index in [0.717, 1.165) is 0 Å². The molecule has 4 aromatic rings. The first-order chi connectivity index (χ1) is 16.1. The Morgan fingerprint density at radius 3 is 2.35 bits per heavy atom. The van der Waals surface area contributed by atoms with E-state index in [1.54, 1.807) is 63.2 Å². The van der Waals surface area contributed by atoms with E-state index in [1.165, 1.54) is 23.0 Å². The van der Waals surface area contributed by atoms with Crippen LogP contribution in [0.15, 0.2) is 69.3 Å². The molecule has 0 unspecified atom stereocenters. The normalized spacial score (nSPS) is 11.8. The van der Waals surface area contributed by atoms with Crippen molar-refractivity contribution in [3.05, 3.63) is 92.6 Å². The lowest BCUT2D eigenvalue weighted by atomic mass is 10.2. The number of hydrogen-bond acceptors (Lipinski definition) is 6. The lowest BCUT2D eigenvalue weighted by Gasteiger charge is -2.08.